The summed E-state index contributed by atoms with van der Waals surface area (Å²) in [4.78, 5) is 15.7. The van der Waals surface area contributed by atoms with Gasteiger partial charge in [-0.3, -0.25) is 4.40 Å². The Labute approximate surface area is 85.6 Å². The predicted molar refractivity (Wildman–Crippen MR) is 59.0 cm³/mol. The van der Waals surface area contributed by atoms with Gasteiger partial charge in [-0.1, -0.05) is 24.3 Å². The van der Waals surface area contributed by atoms with E-state index in [1.807, 2.05) is 42.5 Å². The van der Waals surface area contributed by atoms with E-state index in [0.29, 0.717) is 0 Å². The van der Waals surface area contributed by atoms with Gasteiger partial charge in [0.2, 0.25) is 0 Å². The van der Waals surface area contributed by atoms with Crippen LogP contribution < -0.4 is 5.69 Å². The van der Waals surface area contributed by atoms with E-state index in [1.54, 1.807) is 10.6 Å². The standard InChI is InChI=1S/C12H8N2O/c15-12-13-10-6-2-1-5-9(10)11-7-3-4-8-14(11)12/h1-8H. The third-order valence-electron chi connectivity index (χ3n) is 2.46. The molecule has 0 amide bonds. The van der Waals surface area contributed by atoms with Gasteiger partial charge in [-0.05, 0) is 18.2 Å². The van der Waals surface area contributed by atoms with Crippen molar-refractivity contribution >= 4 is 16.4 Å². The molecule has 0 spiro atoms. The van der Waals surface area contributed by atoms with Gasteiger partial charge in [0.15, 0.2) is 0 Å². The third kappa shape index (κ3) is 1.13. The molecule has 0 saturated heterocycles. The Kier molecular flexibility index (Phi) is 1.59. The van der Waals surface area contributed by atoms with Crippen LogP contribution in [0.15, 0.2) is 53.5 Å². The quantitative estimate of drug-likeness (QED) is 0.514. The lowest BCUT2D eigenvalue weighted by atomic mass is 10.2. The lowest BCUT2D eigenvalue weighted by molar-refractivity contribution is 1.02. The highest BCUT2D eigenvalue weighted by Crippen LogP contribution is 2.14. The van der Waals surface area contributed by atoms with Crippen molar-refractivity contribution in [3.8, 4) is 0 Å². The summed E-state index contributed by atoms with van der Waals surface area (Å²) in [7, 11) is 0. The van der Waals surface area contributed by atoms with Gasteiger partial charge in [0, 0.05) is 11.6 Å². The summed E-state index contributed by atoms with van der Waals surface area (Å²) in [6.45, 7) is 0. The molecule has 0 aliphatic heterocycles. The summed E-state index contributed by atoms with van der Waals surface area (Å²) in [6, 6.07) is 13.3. The lowest BCUT2D eigenvalue weighted by Crippen LogP contribution is -2.16. The van der Waals surface area contributed by atoms with Gasteiger partial charge in [-0.2, -0.15) is 4.98 Å². The first kappa shape index (κ1) is 8.17. The molecule has 3 rings (SSSR count). The zero-order valence-electron chi connectivity index (χ0n) is 7.92. The molecule has 2 heterocycles. The molecular weight excluding hydrogens is 188 g/mol. The Morgan fingerprint density at radius 1 is 1.00 bits per heavy atom. The molecule has 72 valence electrons. The average molecular weight is 196 g/mol. The molecule has 0 saturated carbocycles. The van der Waals surface area contributed by atoms with Crippen LogP contribution in [0.2, 0.25) is 0 Å². The predicted octanol–water partition coefficient (Wildman–Crippen LogP) is 1.85. The Bertz CT molecular complexity index is 700. The minimum atomic E-state index is -0.232. The molecule has 3 aromatic rings. The fourth-order valence-electron chi connectivity index (χ4n) is 1.77. The Hall–Kier alpha value is -2.16. The fourth-order valence-corrected chi connectivity index (χ4v) is 1.77. The number of nitrogens with zero attached hydrogens (tertiary/aromatic N) is 2. The number of pyridine rings is 1. The molecule has 2 aromatic heterocycles. The SMILES string of the molecule is O=c1nc2ccccc2c2ccccn12. The molecule has 0 unspecified atom stereocenters. The number of rotatable bonds is 0. The molecular formula is C12H8N2O. The molecule has 0 atom stereocenters. The van der Waals surface area contributed by atoms with E-state index in [1.165, 1.54) is 0 Å². The molecule has 0 aliphatic rings. The second-order valence-corrected chi connectivity index (χ2v) is 3.37. The van der Waals surface area contributed by atoms with E-state index < -0.39 is 0 Å². The summed E-state index contributed by atoms with van der Waals surface area (Å²) in [5.41, 5.74) is 1.41. The fraction of sp³-hybridized carbons (Fsp3) is 0. The molecule has 0 bridgehead atoms. The number of fused-ring (bicyclic) bond motifs is 3. The van der Waals surface area contributed by atoms with Gasteiger partial charge in [-0.15, -0.1) is 0 Å². The zero-order chi connectivity index (χ0) is 10.3. The monoisotopic (exact) mass is 196 g/mol. The Balaban J connectivity index is 2.70. The largest absolute Gasteiger partial charge is 0.352 e. The molecule has 0 N–H and O–H groups in total. The van der Waals surface area contributed by atoms with Gasteiger partial charge in [0.1, 0.15) is 0 Å². The van der Waals surface area contributed by atoms with Gasteiger partial charge in [0.05, 0.1) is 11.0 Å². The molecule has 0 radical (unpaired) electrons. The van der Waals surface area contributed by atoms with Crippen LogP contribution in [0.3, 0.4) is 0 Å². The summed E-state index contributed by atoms with van der Waals surface area (Å²) in [6.07, 6.45) is 1.73. The first-order valence-electron chi connectivity index (χ1n) is 4.72. The first-order chi connectivity index (χ1) is 7.36. The summed E-state index contributed by atoms with van der Waals surface area (Å²) in [5, 5.41) is 0.998. The number of para-hydroxylation sites is 1. The van der Waals surface area contributed by atoms with Crippen LogP contribution in [-0.4, -0.2) is 9.38 Å². The smallest absolute Gasteiger partial charge is 0.267 e. The summed E-state index contributed by atoms with van der Waals surface area (Å²) < 4.78 is 1.56. The lowest BCUT2D eigenvalue weighted by Gasteiger charge is -2.02. The molecule has 15 heavy (non-hydrogen) atoms. The van der Waals surface area contributed by atoms with Crippen molar-refractivity contribution in [3.63, 3.8) is 0 Å². The van der Waals surface area contributed by atoms with Crippen molar-refractivity contribution in [1.82, 2.24) is 9.38 Å². The Morgan fingerprint density at radius 2 is 1.80 bits per heavy atom. The van der Waals surface area contributed by atoms with Gasteiger partial charge >= 0.3 is 5.69 Å². The van der Waals surface area contributed by atoms with Crippen molar-refractivity contribution in [3.05, 3.63) is 59.1 Å². The van der Waals surface area contributed by atoms with Crippen LogP contribution in [0.25, 0.3) is 16.4 Å². The van der Waals surface area contributed by atoms with Crippen LogP contribution in [0.4, 0.5) is 0 Å². The maximum Gasteiger partial charge on any atom is 0.352 e. The van der Waals surface area contributed by atoms with E-state index >= 15 is 0 Å². The van der Waals surface area contributed by atoms with Crippen LogP contribution in [-0.2, 0) is 0 Å². The normalized spacial score (nSPS) is 10.9. The molecule has 3 nitrogen and oxygen atoms in total. The minimum Gasteiger partial charge on any atom is -0.267 e. The van der Waals surface area contributed by atoms with Crippen molar-refractivity contribution in [2.45, 2.75) is 0 Å². The second kappa shape index (κ2) is 2.92. The number of benzene rings is 1. The highest BCUT2D eigenvalue weighted by atomic mass is 16.1. The maximum absolute atomic E-state index is 11.6. The maximum atomic E-state index is 11.6. The molecule has 0 aliphatic carbocycles. The van der Waals surface area contributed by atoms with Crippen molar-refractivity contribution < 1.29 is 0 Å². The molecule has 1 aromatic carbocycles. The van der Waals surface area contributed by atoms with Crippen LogP contribution >= 0.6 is 0 Å². The van der Waals surface area contributed by atoms with Crippen LogP contribution in [0.5, 0.6) is 0 Å². The third-order valence-corrected chi connectivity index (χ3v) is 2.46. The van der Waals surface area contributed by atoms with E-state index in [-0.39, 0.29) is 5.69 Å². The number of hydrogen-bond acceptors (Lipinski definition) is 2. The second-order valence-electron chi connectivity index (χ2n) is 3.37. The van der Waals surface area contributed by atoms with E-state index in [2.05, 4.69) is 4.98 Å². The molecule has 0 fully saturated rings. The number of hydrogen-bond donors (Lipinski definition) is 0. The van der Waals surface area contributed by atoms with Crippen molar-refractivity contribution in [2.75, 3.05) is 0 Å². The topological polar surface area (TPSA) is 34.4 Å². The van der Waals surface area contributed by atoms with Crippen LogP contribution in [0.1, 0.15) is 0 Å². The molecule has 3 heteroatoms. The van der Waals surface area contributed by atoms with Crippen LogP contribution in [0, 0.1) is 0 Å². The van der Waals surface area contributed by atoms with Gasteiger partial charge < -0.3 is 0 Å². The number of aromatic nitrogens is 2. The van der Waals surface area contributed by atoms with Crippen molar-refractivity contribution in [2.24, 2.45) is 0 Å². The minimum absolute atomic E-state index is 0.232. The van der Waals surface area contributed by atoms with E-state index in [0.717, 1.165) is 16.4 Å². The van der Waals surface area contributed by atoms with E-state index in [4.69, 9.17) is 0 Å². The van der Waals surface area contributed by atoms with Crippen molar-refractivity contribution in [1.29, 1.82) is 0 Å². The van der Waals surface area contributed by atoms with E-state index in [9.17, 15) is 4.79 Å². The highest BCUT2D eigenvalue weighted by Gasteiger charge is 2.02. The first-order valence-corrected chi connectivity index (χ1v) is 4.72. The highest BCUT2D eigenvalue weighted by molar-refractivity contribution is 5.92. The van der Waals surface area contributed by atoms with Gasteiger partial charge in [-0.25, -0.2) is 4.79 Å². The summed E-state index contributed by atoms with van der Waals surface area (Å²) in [5.74, 6) is 0. The zero-order valence-corrected chi connectivity index (χ0v) is 7.92. The Morgan fingerprint density at radius 3 is 2.73 bits per heavy atom. The van der Waals surface area contributed by atoms with Gasteiger partial charge in [0.25, 0.3) is 0 Å². The summed E-state index contributed by atoms with van der Waals surface area (Å²) >= 11 is 0. The average Bonchev–Trinajstić information content (AvgIpc) is 2.30.